The zero-order valence-corrected chi connectivity index (χ0v) is 18.3. The van der Waals surface area contributed by atoms with Crippen molar-refractivity contribution in [3.8, 4) is 0 Å². The van der Waals surface area contributed by atoms with Gasteiger partial charge in [-0.2, -0.15) is 10.1 Å². The highest BCUT2D eigenvalue weighted by atomic mass is 35.5. The Hall–Kier alpha value is -2.45. The summed E-state index contributed by atoms with van der Waals surface area (Å²) in [5.74, 6) is 1.14. The molecule has 1 aliphatic heterocycles. The summed E-state index contributed by atoms with van der Waals surface area (Å²) in [7, 11) is 0. The zero-order valence-electron chi connectivity index (χ0n) is 17.6. The Morgan fingerprint density at radius 3 is 2.74 bits per heavy atom. The Kier molecular flexibility index (Phi) is 5.22. The summed E-state index contributed by atoms with van der Waals surface area (Å²) in [6.45, 7) is 3.74. The normalized spacial score (nSPS) is 18.5. The van der Waals surface area contributed by atoms with Gasteiger partial charge in [-0.3, -0.25) is 5.10 Å². The molecule has 9 heteroatoms. The average molecular weight is 444 g/mol. The monoisotopic (exact) mass is 443 g/mol. The van der Waals surface area contributed by atoms with Crippen molar-refractivity contribution in [2.24, 2.45) is 5.73 Å². The number of H-pyrrole nitrogens is 1. The number of nitrogens with zero attached hydrogens (tertiary/aromatic N) is 4. The fourth-order valence-electron chi connectivity index (χ4n) is 4.40. The maximum atomic E-state index is 14.9. The number of hydrogen-bond acceptors (Lipinski definition) is 6. The number of fused-ring (bicyclic) bond motifs is 1. The molecule has 4 N–H and O–H groups in total. The summed E-state index contributed by atoms with van der Waals surface area (Å²) in [6.07, 6.45) is 5.87. The van der Waals surface area contributed by atoms with Gasteiger partial charge in [0, 0.05) is 35.0 Å². The summed E-state index contributed by atoms with van der Waals surface area (Å²) >= 11 is 6.22. The molecule has 5 rings (SSSR count). The van der Waals surface area contributed by atoms with Crippen LogP contribution < -0.4 is 16.0 Å². The van der Waals surface area contributed by atoms with Crippen molar-refractivity contribution < 1.29 is 4.39 Å². The second-order valence-electron chi connectivity index (χ2n) is 8.83. The van der Waals surface area contributed by atoms with Gasteiger partial charge in [0.15, 0.2) is 11.6 Å². The summed E-state index contributed by atoms with van der Waals surface area (Å²) in [4.78, 5) is 11.7. The van der Waals surface area contributed by atoms with Gasteiger partial charge in [-0.15, -0.1) is 0 Å². The van der Waals surface area contributed by atoms with E-state index in [1.807, 2.05) is 6.07 Å². The Labute approximate surface area is 185 Å². The number of hydrogen-bond donors (Lipinski definition) is 3. The van der Waals surface area contributed by atoms with Crippen LogP contribution in [0.15, 0.2) is 18.2 Å². The Morgan fingerprint density at radius 2 is 2.03 bits per heavy atom. The topological polar surface area (TPSA) is 95.7 Å². The Balaban J connectivity index is 1.48. The molecule has 3 heterocycles. The third-order valence-electron chi connectivity index (χ3n) is 6.39. The van der Waals surface area contributed by atoms with Crippen LogP contribution in [0, 0.1) is 5.82 Å². The number of piperidine rings is 1. The van der Waals surface area contributed by atoms with E-state index >= 15 is 0 Å². The number of nitrogens with one attached hydrogen (secondary N) is 2. The highest BCUT2D eigenvalue weighted by molar-refractivity contribution is 6.31. The molecule has 1 saturated carbocycles. The predicted octanol–water partition coefficient (Wildman–Crippen LogP) is 4.86. The lowest BCUT2D eigenvalue weighted by atomic mass is 9.85. The van der Waals surface area contributed by atoms with Crippen LogP contribution in [0.25, 0.3) is 10.9 Å². The number of aromatic amines is 1. The minimum Gasteiger partial charge on any atom is -0.341 e. The third-order valence-corrected chi connectivity index (χ3v) is 6.63. The molecule has 1 aliphatic carbocycles. The molecule has 2 aliphatic rings. The molecule has 0 radical (unpaired) electrons. The van der Waals surface area contributed by atoms with Crippen LogP contribution in [-0.4, -0.2) is 38.8 Å². The van der Waals surface area contributed by atoms with Gasteiger partial charge in [-0.05, 0) is 50.3 Å². The standard InChI is InChI=1S/C22H27ClFN7/c1-2-7-22(25)8-10-31(11-9-22)21-26-16-6-5-14(23)12-15(16)19(28-21)27-20-17(24)18(29-30-20)13-3-4-13/h5-6,12-13H,2-4,7-11,25H2,1H3,(H2,26,27,28,29,30). The second-order valence-corrected chi connectivity index (χ2v) is 9.27. The minimum absolute atomic E-state index is 0.117. The van der Waals surface area contributed by atoms with Crippen molar-refractivity contribution in [1.82, 2.24) is 20.2 Å². The Bertz CT molecular complexity index is 1100. The molecule has 2 fully saturated rings. The first-order valence-corrected chi connectivity index (χ1v) is 11.4. The number of aromatic nitrogens is 4. The lowest BCUT2D eigenvalue weighted by Crippen LogP contribution is -2.50. The maximum absolute atomic E-state index is 14.9. The van der Waals surface area contributed by atoms with Crippen molar-refractivity contribution in [2.45, 2.75) is 56.9 Å². The van der Waals surface area contributed by atoms with Crippen LogP contribution in [0.5, 0.6) is 0 Å². The number of nitrogens with two attached hydrogens (primary N) is 1. The smallest absolute Gasteiger partial charge is 0.227 e. The van der Waals surface area contributed by atoms with E-state index in [0.29, 0.717) is 22.5 Å². The number of benzene rings is 1. The lowest BCUT2D eigenvalue weighted by molar-refractivity contribution is 0.308. The molecule has 0 spiro atoms. The van der Waals surface area contributed by atoms with Gasteiger partial charge in [-0.25, -0.2) is 9.37 Å². The maximum Gasteiger partial charge on any atom is 0.227 e. The third kappa shape index (κ3) is 4.06. The number of rotatable bonds is 6. The van der Waals surface area contributed by atoms with Crippen molar-refractivity contribution in [3.63, 3.8) is 0 Å². The van der Waals surface area contributed by atoms with Gasteiger partial charge in [0.2, 0.25) is 5.95 Å². The van der Waals surface area contributed by atoms with Crippen molar-refractivity contribution in [2.75, 3.05) is 23.3 Å². The average Bonchev–Trinajstić information content (AvgIpc) is 3.53. The molecule has 1 aromatic carbocycles. The molecule has 0 atom stereocenters. The second kappa shape index (κ2) is 7.91. The molecular weight excluding hydrogens is 417 g/mol. The van der Waals surface area contributed by atoms with E-state index in [0.717, 1.165) is 62.5 Å². The van der Waals surface area contributed by atoms with Crippen LogP contribution in [0.2, 0.25) is 5.02 Å². The van der Waals surface area contributed by atoms with Gasteiger partial charge in [0.25, 0.3) is 0 Å². The first-order valence-electron chi connectivity index (χ1n) is 11.0. The summed E-state index contributed by atoms with van der Waals surface area (Å²) in [5, 5.41) is 11.4. The van der Waals surface area contributed by atoms with Gasteiger partial charge < -0.3 is 16.0 Å². The SMILES string of the molecule is CCCC1(N)CCN(c2nc(Nc3n[nH]c(C4CC4)c3F)c3cc(Cl)ccc3n2)CC1. The fraction of sp³-hybridized carbons (Fsp3) is 0.500. The first-order chi connectivity index (χ1) is 15.0. The van der Waals surface area contributed by atoms with Crippen LogP contribution in [-0.2, 0) is 0 Å². The summed E-state index contributed by atoms with van der Waals surface area (Å²) in [5.41, 5.74) is 7.74. The van der Waals surface area contributed by atoms with E-state index < -0.39 is 0 Å². The van der Waals surface area contributed by atoms with E-state index in [1.165, 1.54) is 0 Å². The quantitative estimate of drug-likeness (QED) is 0.503. The molecule has 0 bridgehead atoms. The van der Waals surface area contributed by atoms with Gasteiger partial charge >= 0.3 is 0 Å². The van der Waals surface area contributed by atoms with E-state index in [4.69, 9.17) is 27.3 Å². The van der Waals surface area contributed by atoms with Gasteiger partial charge in [0.1, 0.15) is 5.82 Å². The summed E-state index contributed by atoms with van der Waals surface area (Å²) in [6, 6.07) is 5.45. The largest absolute Gasteiger partial charge is 0.341 e. The highest BCUT2D eigenvalue weighted by Gasteiger charge is 2.32. The van der Waals surface area contributed by atoms with E-state index in [-0.39, 0.29) is 23.1 Å². The van der Waals surface area contributed by atoms with Gasteiger partial charge in [-0.1, -0.05) is 24.9 Å². The van der Waals surface area contributed by atoms with Gasteiger partial charge in [0.05, 0.1) is 11.2 Å². The molecule has 0 unspecified atom stereocenters. The van der Waals surface area contributed by atoms with E-state index in [1.54, 1.807) is 12.1 Å². The van der Waals surface area contributed by atoms with Crippen molar-refractivity contribution >= 4 is 40.1 Å². The first kappa shape index (κ1) is 20.5. The van der Waals surface area contributed by atoms with Crippen molar-refractivity contribution in [3.05, 3.63) is 34.7 Å². The predicted molar refractivity (Wildman–Crippen MR) is 122 cm³/mol. The molecule has 7 nitrogen and oxygen atoms in total. The number of anilines is 3. The Morgan fingerprint density at radius 1 is 1.26 bits per heavy atom. The highest BCUT2D eigenvalue weighted by Crippen LogP contribution is 2.42. The molecule has 3 aromatic rings. The molecule has 2 aromatic heterocycles. The molecule has 1 saturated heterocycles. The molecule has 0 amide bonds. The van der Waals surface area contributed by atoms with Crippen LogP contribution >= 0.6 is 11.6 Å². The van der Waals surface area contributed by atoms with Crippen LogP contribution in [0.4, 0.5) is 22.0 Å². The van der Waals surface area contributed by atoms with E-state index in [9.17, 15) is 4.39 Å². The zero-order chi connectivity index (χ0) is 21.6. The van der Waals surface area contributed by atoms with E-state index in [2.05, 4.69) is 27.3 Å². The molecule has 31 heavy (non-hydrogen) atoms. The number of halogens is 2. The van der Waals surface area contributed by atoms with Crippen LogP contribution in [0.3, 0.4) is 0 Å². The lowest BCUT2D eigenvalue weighted by Gasteiger charge is -2.39. The minimum atomic E-state index is -0.344. The molecule has 164 valence electrons. The van der Waals surface area contributed by atoms with Crippen LogP contribution in [0.1, 0.15) is 57.1 Å². The molecular formula is C22H27ClFN7. The summed E-state index contributed by atoms with van der Waals surface area (Å²) < 4.78 is 14.9. The van der Waals surface area contributed by atoms with Crippen molar-refractivity contribution in [1.29, 1.82) is 0 Å². The fourth-order valence-corrected chi connectivity index (χ4v) is 4.58.